The van der Waals surface area contributed by atoms with Crippen LogP contribution in [0.25, 0.3) is 0 Å². The Kier molecular flexibility index (Phi) is 4.50. The van der Waals surface area contributed by atoms with E-state index in [0.29, 0.717) is 0 Å². The predicted molar refractivity (Wildman–Crippen MR) is 63.2 cm³/mol. The molecule has 0 aliphatic carbocycles. The molecule has 2 N–H and O–H groups in total. The summed E-state index contributed by atoms with van der Waals surface area (Å²) in [5, 5.41) is 18.6. The van der Waals surface area contributed by atoms with Gasteiger partial charge in [-0.3, -0.25) is 0 Å². The van der Waals surface area contributed by atoms with E-state index < -0.39 is 36.2 Å². The zero-order chi connectivity index (χ0) is 15.6. The number of benzene rings is 1. The Labute approximate surface area is 117 Å². The summed E-state index contributed by atoms with van der Waals surface area (Å²) in [6, 6.07) is 3.57. The molecule has 1 aromatic rings. The molecule has 1 aliphatic rings. The Bertz CT molecular complexity index is 500. The number of hydrogen-bond donors (Lipinski definition) is 2. The summed E-state index contributed by atoms with van der Waals surface area (Å²) in [5.41, 5.74) is -0.909. The van der Waals surface area contributed by atoms with Crippen LogP contribution in [0.5, 0.6) is 0 Å². The minimum absolute atomic E-state index is 0.0164. The van der Waals surface area contributed by atoms with Crippen molar-refractivity contribution in [1.29, 1.82) is 0 Å². The number of ether oxygens (including phenoxy) is 2. The lowest BCUT2D eigenvalue weighted by Crippen LogP contribution is -2.28. The standard InChI is InChI=1S/C13H13F3O5/c14-13(15,16)8-3-1-7(2-4-8)12(19)20-6-10-9(17)5-11(18)21-10/h1-4,9-11,17-18H,5-6H2/t9-,10+,11-/m1/s1. The normalized spacial score (nSPS) is 25.9. The molecule has 8 heteroatoms. The number of carbonyl (C=O) groups is 1. The van der Waals surface area contributed by atoms with E-state index >= 15 is 0 Å². The van der Waals surface area contributed by atoms with Crippen LogP contribution in [0.4, 0.5) is 13.2 Å². The molecule has 0 bridgehead atoms. The van der Waals surface area contributed by atoms with E-state index in [4.69, 9.17) is 14.6 Å². The summed E-state index contributed by atoms with van der Waals surface area (Å²) >= 11 is 0. The van der Waals surface area contributed by atoms with E-state index in [9.17, 15) is 23.1 Å². The number of hydrogen-bond acceptors (Lipinski definition) is 5. The summed E-state index contributed by atoms with van der Waals surface area (Å²) in [5.74, 6) is -0.832. The van der Waals surface area contributed by atoms with Crippen LogP contribution in [0.3, 0.4) is 0 Å². The first-order valence-corrected chi connectivity index (χ1v) is 6.13. The molecule has 1 fully saturated rings. The smallest absolute Gasteiger partial charge is 0.416 e. The van der Waals surface area contributed by atoms with Crippen LogP contribution >= 0.6 is 0 Å². The molecule has 2 rings (SSSR count). The third-order valence-corrected chi connectivity index (χ3v) is 3.03. The van der Waals surface area contributed by atoms with Gasteiger partial charge in [0, 0.05) is 6.42 Å². The molecule has 1 saturated heterocycles. The van der Waals surface area contributed by atoms with Crippen molar-refractivity contribution in [3.63, 3.8) is 0 Å². The Morgan fingerprint density at radius 2 is 1.90 bits per heavy atom. The molecule has 21 heavy (non-hydrogen) atoms. The number of halogens is 3. The lowest BCUT2D eigenvalue weighted by Gasteiger charge is -2.14. The summed E-state index contributed by atoms with van der Waals surface area (Å²) < 4.78 is 46.8. The fourth-order valence-corrected chi connectivity index (χ4v) is 1.89. The average molecular weight is 306 g/mol. The Balaban J connectivity index is 1.92. The molecule has 0 aromatic heterocycles. The molecule has 1 heterocycles. The largest absolute Gasteiger partial charge is 0.459 e. The maximum atomic E-state index is 12.4. The highest BCUT2D eigenvalue weighted by atomic mass is 19.4. The first kappa shape index (κ1) is 15.7. The molecular formula is C13H13F3O5. The van der Waals surface area contributed by atoms with E-state index in [1.54, 1.807) is 0 Å². The fourth-order valence-electron chi connectivity index (χ4n) is 1.89. The van der Waals surface area contributed by atoms with Gasteiger partial charge in [-0.05, 0) is 24.3 Å². The highest BCUT2D eigenvalue weighted by Gasteiger charge is 2.34. The molecule has 0 unspecified atom stereocenters. The van der Waals surface area contributed by atoms with Gasteiger partial charge >= 0.3 is 12.1 Å². The van der Waals surface area contributed by atoms with Crippen LogP contribution in [0.15, 0.2) is 24.3 Å². The van der Waals surface area contributed by atoms with Gasteiger partial charge in [-0.25, -0.2) is 4.79 Å². The van der Waals surface area contributed by atoms with Crippen molar-refractivity contribution in [3.8, 4) is 0 Å². The maximum absolute atomic E-state index is 12.4. The highest BCUT2D eigenvalue weighted by Crippen LogP contribution is 2.29. The fraction of sp³-hybridized carbons (Fsp3) is 0.462. The lowest BCUT2D eigenvalue weighted by atomic mass is 10.1. The molecule has 1 aromatic carbocycles. The van der Waals surface area contributed by atoms with Crippen LogP contribution in [-0.4, -0.2) is 41.3 Å². The number of carbonyl (C=O) groups excluding carboxylic acids is 1. The first-order valence-electron chi connectivity index (χ1n) is 6.13. The van der Waals surface area contributed by atoms with E-state index in [0.717, 1.165) is 24.3 Å². The Hall–Kier alpha value is -1.64. The third-order valence-electron chi connectivity index (χ3n) is 3.03. The van der Waals surface area contributed by atoms with Crippen molar-refractivity contribution in [1.82, 2.24) is 0 Å². The summed E-state index contributed by atoms with van der Waals surface area (Å²) in [7, 11) is 0. The molecule has 116 valence electrons. The molecule has 0 radical (unpaired) electrons. The van der Waals surface area contributed by atoms with Gasteiger partial charge in [0.25, 0.3) is 0 Å². The van der Waals surface area contributed by atoms with E-state index in [-0.39, 0.29) is 18.6 Å². The van der Waals surface area contributed by atoms with E-state index in [1.807, 2.05) is 0 Å². The average Bonchev–Trinajstić information content (AvgIpc) is 2.73. The van der Waals surface area contributed by atoms with Gasteiger partial charge < -0.3 is 19.7 Å². The van der Waals surface area contributed by atoms with Crippen molar-refractivity contribution >= 4 is 5.97 Å². The topological polar surface area (TPSA) is 76.0 Å². The van der Waals surface area contributed by atoms with E-state index in [1.165, 1.54) is 0 Å². The minimum atomic E-state index is -4.47. The van der Waals surface area contributed by atoms with Crippen molar-refractivity contribution in [3.05, 3.63) is 35.4 Å². The second kappa shape index (κ2) is 6.00. The molecule has 0 saturated carbocycles. The third kappa shape index (κ3) is 3.93. The number of rotatable bonds is 3. The molecule has 0 amide bonds. The number of esters is 1. The lowest BCUT2D eigenvalue weighted by molar-refractivity contribution is -0.137. The molecule has 0 spiro atoms. The molecule has 3 atom stereocenters. The van der Waals surface area contributed by atoms with Crippen molar-refractivity contribution in [2.24, 2.45) is 0 Å². The monoisotopic (exact) mass is 306 g/mol. The quantitative estimate of drug-likeness (QED) is 0.824. The maximum Gasteiger partial charge on any atom is 0.416 e. The predicted octanol–water partition coefficient (Wildman–Crippen LogP) is 1.33. The van der Waals surface area contributed by atoms with Gasteiger partial charge in [0.2, 0.25) is 0 Å². The highest BCUT2D eigenvalue weighted by molar-refractivity contribution is 5.89. The summed E-state index contributed by atoms with van der Waals surface area (Å²) in [4.78, 5) is 11.6. The van der Waals surface area contributed by atoms with Crippen molar-refractivity contribution in [2.75, 3.05) is 6.61 Å². The van der Waals surface area contributed by atoms with Gasteiger partial charge in [0.1, 0.15) is 12.7 Å². The summed E-state index contributed by atoms with van der Waals surface area (Å²) in [6.45, 7) is -0.294. The Morgan fingerprint density at radius 1 is 1.29 bits per heavy atom. The number of aliphatic hydroxyl groups excluding tert-OH is 2. The van der Waals surface area contributed by atoms with Crippen LogP contribution in [-0.2, 0) is 15.7 Å². The minimum Gasteiger partial charge on any atom is -0.459 e. The second-order valence-corrected chi connectivity index (χ2v) is 4.61. The zero-order valence-corrected chi connectivity index (χ0v) is 10.7. The molecular weight excluding hydrogens is 293 g/mol. The number of alkyl halides is 3. The van der Waals surface area contributed by atoms with Crippen molar-refractivity contribution < 1.29 is 37.7 Å². The van der Waals surface area contributed by atoms with Gasteiger partial charge in [0.05, 0.1) is 17.2 Å². The van der Waals surface area contributed by atoms with Crippen LogP contribution in [0, 0.1) is 0 Å². The second-order valence-electron chi connectivity index (χ2n) is 4.61. The SMILES string of the molecule is O=C(OC[C@@H]1O[C@@H](O)C[C@H]1O)c1ccc(C(F)(F)F)cc1. The van der Waals surface area contributed by atoms with Gasteiger partial charge in [-0.2, -0.15) is 13.2 Å². The van der Waals surface area contributed by atoms with E-state index in [2.05, 4.69) is 0 Å². The molecule has 1 aliphatic heterocycles. The van der Waals surface area contributed by atoms with Crippen LogP contribution in [0.1, 0.15) is 22.3 Å². The van der Waals surface area contributed by atoms with Crippen LogP contribution < -0.4 is 0 Å². The zero-order valence-electron chi connectivity index (χ0n) is 10.7. The van der Waals surface area contributed by atoms with Gasteiger partial charge in [-0.15, -0.1) is 0 Å². The molecule has 5 nitrogen and oxygen atoms in total. The Morgan fingerprint density at radius 3 is 2.38 bits per heavy atom. The summed E-state index contributed by atoms with van der Waals surface area (Å²) in [6.07, 6.45) is -7.38. The van der Waals surface area contributed by atoms with Crippen molar-refractivity contribution in [2.45, 2.75) is 31.1 Å². The van der Waals surface area contributed by atoms with Gasteiger partial charge in [0.15, 0.2) is 6.29 Å². The number of aliphatic hydroxyl groups is 2. The van der Waals surface area contributed by atoms with Crippen LogP contribution in [0.2, 0.25) is 0 Å². The van der Waals surface area contributed by atoms with Gasteiger partial charge in [-0.1, -0.05) is 0 Å². The first-order chi connectivity index (χ1) is 9.77.